The molecule has 0 radical (unpaired) electrons. The van der Waals surface area contributed by atoms with Gasteiger partial charge >= 0.3 is 0 Å². The van der Waals surface area contributed by atoms with E-state index >= 15 is 0 Å². The van der Waals surface area contributed by atoms with Gasteiger partial charge in [-0.05, 0) is 24.1 Å². The van der Waals surface area contributed by atoms with Crippen LogP contribution < -0.4 is 10.3 Å². The summed E-state index contributed by atoms with van der Waals surface area (Å²) >= 11 is 0. The van der Waals surface area contributed by atoms with Crippen LogP contribution in [0, 0.1) is 0 Å². The van der Waals surface area contributed by atoms with E-state index in [-0.39, 0.29) is 11.5 Å². The van der Waals surface area contributed by atoms with Crippen LogP contribution in [0.1, 0.15) is 23.7 Å². The molecule has 0 spiro atoms. The Kier molecular flexibility index (Phi) is 4.48. The van der Waals surface area contributed by atoms with Gasteiger partial charge in [0, 0.05) is 31.3 Å². The highest BCUT2D eigenvalue weighted by Gasteiger charge is 2.23. The zero-order valence-corrected chi connectivity index (χ0v) is 14.8. The SMILES string of the molecule is COCc1[nH]n2c(=O)cc(C3CCOC3)nc2c1-c1ccc(OC)cc1. The van der Waals surface area contributed by atoms with Gasteiger partial charge in [-0.1, -0.05) is 12.1 Å². The van der Waals surface area contributed by atoms with Crippen molar-refractivity contribution in [2.45, 2.75) is 18.9 Å². The molecule has 2 aromatic heterocycles. The Bertz CT molecular complexity index is 969. The molecule has 3 heterocycles. The molecular weight excluding hydrogens is 334 g/mol. The first kappa shape index (κ1) is 16.8. The molecule has 1 unspecified atom stereocenters. The highest BCUT2D eigenvalue weighted by molar-refractivity contribution is 5.80. The zero-order chi connectivity index (χ0) is 18.1. The Hall–Kier alpha value is -2.64. The van der Waals surface area contributed by atoms with Crippen LogP contribution in [0.25, 0.3) is 16.8 Å². The maximum Gasteiger partial charge on any atom is 0.272 e. The van der Waals surface area contributed by atoms with Gasteiger partial charge in [-0.15, -0.1) is 0 Å². The predicted octanol–water partition coefficient (Wildman–Crippen LogP) is 2.35. The van der Waals surface area contributed by atoms with Gasteiger partial charge in [-0.2, -0.15) is 0 Å². The van der Waals surface area contributed by atoms with Gasteiger partial charge in [0.2, 0.25) is 0 Å². The topological polar surface area (TPSA) is 77.9 Å². The number of aromatic amines is 1. The first-order valence-electron chi connectivity index (χ1n) is 8.57. The summed E-state index contributed by atoms with van der Waals surface area (Å²) in [5, 5.41) is 3.13. The van der Waals surface area contributed by atoms with E-state index in [4.69, 9.17) is 19.2 Å². The van der Waals surface area contributed by atoms with Crippen LogP contribution in [-0.4, -0.2) is 42.0 Å². The quantitative estimate of drug-likeness (QED) is 0.760. The Morgan fingerprint density at radius 3 is 2.77 bits per heavy atom. The summed E-state index contributed by atoms with van der Waals surface area (Å²) < 4.78 is 17.5. The van der Waals surface area contributed by atoms with E-state index in [0.717, 1.165) is 34.7 Å². The van der Waals surface area contributed by atoms with Crippen LogP contribution in [0.3, 0.4) is 0 Å². The highest BCUT2D eigenvalue weighted by Crippen LogP contribution is 2.30. The largest absolute Gasteiger partial charge is 0.497 e. The molecule has 1 aromatic carbocycles. The molecule has 1 N–H and O–H groups in total. The van der Waals surface area contributed by atoms with E-state index in [1.165, 1.54) is 4.52 Å². The van der Waals surface area contributed by atoms with Crippen LogP contribution in [0.5, 0.6) is 5.75 Å². The van der Waals surface area contributed by atoms with Crippen molar-refractivity contribution < 1.29 is 14.2 Å². The van der Waals surface area contributed by atoms with E-state index in [9.17, 15) is 4.79 Å². The zero-order valence-electron chi connectivity index (χ0n) is 14.8. The molecule has 1 aliphatic rings. The molecule has 7 nitrogen and oxygen atoms in total. The number of hydrogen-bond acceptors (Lipinski definition) is 5. The van der Waals surface area contributed by atoms with Crippen LogP contribution in [0.2, 0.25) is 0 Å². The minimum absolute atomic E-state index is 0.131. The van der Waals surface area contributed by atoms with Crippen molar-refractivity contribution in [2.75, 3.05) is 27.4 Å². The van der Waals surface area contributed by atoms with Gasteiger partial charge < -0.3 is 14.2 Å². The first-order valence-corrected chi connectivity index (χ1v) is 8.57. The summed E-state index contributed by atoms with van der Waals surface area (Å²) in [4.78, 5) is 17.5. The monoisotopic (exact) mass is 355 g/mol. The number of hydrogen-bond donors (Lipinski definition) is 1. The Balaban J connectivity index is 1.92. The van der Waals surface area contributed by atoms with E-state index in [0.29, 0.717) is 25.5 Å². The third kappa shape index (κ3) is 2.89. The minimum atomic E-state index is -0.131. The lowest BCUT2D eigenvalue weighted by atomic mass is 10.0. The van der Waals surface area contributed by atoms with Crippen LogP contribution in [-0.2, 0) is 16.1 Å². The number of methoxy groups -OCH3 is 2. The molecule has 1 atom stereocenters. The molecule has 0 aliphatic carbocycles. The third-order valence-corrected chi connectivity index (χ3v) is 4.73. The summed E-state index contributed by atoms with van der Waals surface area (Å²) in [6, 6.07) is 9.29. The summed E-state index contributed by atoms with van der Waals surface area (Å²) in [6.45, 7) is 1.67. The molecule has 4 rings (SSSR count). The van der Waals surface area contributed by atoms with Crippen LogP contribution in [0.4, 0.5) is 0 Å². The number of fused-ring (bicyclic) bond motifs is 1. The summed E-state index contributed by atoms with van der Waals surface area (Å²) in [5.74, 6) is 0.938. The molecule has 0 saturated carbocycles. The van der Waals surface area contributed by atoms with Crippen molar-refractivity contribution in [3.8, 4) is 16.9 Å². The maximum absolute atomic E-state index is 12.6. The number of nitrogens with zero attached hydrogens (tertiary/aromatic N) is 2. The first-order chi connectivity index (χ1) is 12.7. The second-order valence-corrected chi connectivity index (χ2v) is 6.37. The molecule has 136 valence electrons. The molecule has 26 heavy (non-hydrogen) atoms. The van der Waals surface area contributed by atoms with Crippen molar-refractivity contribution in [1.29, 1.82) is 0 Å². The van der Waals surface area contributed by atoms with Gasteiger partial charge in [-0.25, -0.2) is 9.50 Å². The minimum Gasteiger partial charge on any atom is -0.497 e. The average Bonchev–Trinajstić information content (AvgIpc) is 3.30. The fourth-order valence-corrected chi connectivity index (χ4v) is 3.39. The van der Waals surface area contributed by atoms with Crippen molar-refractivity contribution in [3.63, 3.8) is 0 Å². The Labute approximate surface area is 150 Å². The summed E-state index contributed by atoms with van der Waals surface area (Å²) in [7, 11) is 3.26. The molecule has 1 aliphatic heterocycles. The Morgan fingerprint density at radius 1 is 1.31 bits per heavy atom. The fraction of sp³-hybridized carbons (Fsp3) is 0.368. The van der Waals surface area contributed by atoms with Gasteiger partial charge in [-0.3, -0.25) is 9.89 Å². The van der Waals surface area contributed by atoms with Crippen molar-refractivity contribution in [1.82, 2.24) is 14.6 Å². The normalized spacial score (nSPS) is 17.1. The summed E-state index contributed by atoms with van der Waals surface area (Å²) in [5.41, 5.74) is 3.88. The van der Waals surface area contributed by atoms with Crippen molar-refractivity contribution >= 4 is 5.65 Å². The van der Waals surface area contributed by atoms with Crippen LogP contribution >= 0.6 is 0 Å². The molecule has 0 amide bonds. The number of ether oxygens (including phenoxy) is 3. The standard InChI is InChI=1S/C19H21N3O4/c1-24-11-16-18(12-3-5-14(25-2)6-4-12)19-20-15(13-7-8-26-10-13)9-17(23)22(19)21-16/h3-6,9,13,21H,7-8,10-11H2,1-2H3. The van der Waals surface area contributed by atoms with E-state index in [1.807, 2.05) is 24.3 Å². The molecule has 3 aromatic rings. The molecule has 7 heteroatoms. The van der Waals surface area contributed by atoms with Crippen molar-refractivity contribution in [2.24, 2.45) is 0 Å². The lowest BCUT2D eigenvalue weighted by molar-refractivity contribution is 0.181. The summed E-state index contributed by atoms with van der Waals surface area (Å²) in [6.07, 6.45) is 0.885. The van der Waals surface area contributed by atoms with Gasteiger partial charge in [0.05, 0.1) is 31.7 Å². The number of H-pyrrole nitrogens is 1. The molecular formula is C19H21N3O4. The second kappa shape index (κ2) is 6.93. The molecule has 0 bridgehead atoms. The van der Waals surface area contributed by atoms with Gasteiger partial charge in [0.15, 0.2) is 5.65 Å². The number of rotatable bonds is 5. The second-order valence-electron chi connectivity index (χ2n) is 6.37. The number of nitrogens with one attached hydrogen (secondary N) is 1. The van der Waals surface area contributed by atoms with Gasteiger partial charge in [0.1, 0.15) is 5.75 Å². The Morgan fingerprint density at radius 2 is 2.12 bits per heavy atom. The number of benzene rings is 1. The van der Waals surface area contributed by atoms with E-state index in [1.54, 1.807) is 20.3 Å². The highest BCUT2D eigenvalue weighted by atomic mass is 16.5. The maximum atomic E-state index is 12.6. The lowest BCUT2D eigenvalue weighted by Crippen LogP contribution is -2.17. The smallest absolute Gasteiger partial charge is 0.272 e. The van der Waals surface area contributed by atoms with Crippen LogP contribution in [0.15, 0.2) is 35.1 Å². The fourth-order valence-electron chi connectivity index (χ4n) is 3.39. The predicted molar refractivity (Wildman–Crippen MR) is 96.7 cm³/mol. The molecule has 1 saturated heterocycles. The molecule has 1 fully saturated rings. The van der Waals surface area contributed by atoms with Crippen molar-refractivity contribution in [3.05, 3.63) is 52.1 Å². The lowest BCUT2D eigenvalue weighted by Gasteiger charge is -2.08. The van der Waals surface area contributed by atoms with E-state index < -0.39 is 0 Å². The number of aromatic nitrogens is 3. The van der Waals surface area contributed by atoms with E-state index in [2.05, 4.69) is 5.10 Å². The third-order valence-electron chi connectivity index (χ3n) is 4.73. The average molecular weight is 355 g/mol. The van der Waals surface area contributed by atoms with Gasteiger partial charge in [0.25, 0.3) is 5.56 Å².